The van der Waals surface area contributed by atoms with Gasteiger partial charge in [0.15, 0.2) is 0 Å². The van der Waals surface area contributed by atoms with Crippen molar-refractivity contribution in [2.75, 3.05) is 20.0 Å². The quantitative estimate of drug-likeness (QED) is 0.710. The van der Waals surface area contributed by atoms with E-state index in [1.807, 2.05) is 0 Å². The van der Waals surface area contributed by atoms with E-state index in [0.29, 0.717) is 18.1 Å². The fraction of sp³-hybridized carbons (Fsp3) is 1.00. The van der Waals surface area contributed by atoms with E-state index in [0.717, 1.165) is 20.0 Å². The highest BCUT2D eigenvalue weighted by Gasteiger charge is 2.27. The molecule has 3 heteroatoms. The Balaban J connectivity index is 2.64. The molecule has 15 heavy (non-hydrogen) atoms. The normalized spacial score (nSPS) is 22.2. The van der Waals surface area contributed by atoms with Crippen molar-refractivity contribution < 1.29 is 0 Å². The molecule has 1 aliphatic rings. The fourth-order valence-electron chi connectivity index (χ4n) is 1.81. The molecule has 1 saturated heterocycles. The van der Waals surface area contributed by atoms with Crippen LogP contribution in [0.3, 0.4) is 0 Å². The van der Waals surface area contributed by atoms with Crippen molar-refractivity contribution in [2.24, 2.45) is 0 Å². The van der Waals surface area contributed by atoms with Crippen LogP contribution in [-0.4, -0.2) is 52.8 Å². The molecule has 0 N–H and O–H groups in total. The minimum Gasteiger partial charge on any atom is -0.275 e. The molecule has 1 rings (SSSR count). The first-order valence-corrected chi connectivity index (χ1v) is 6.14. The molecule has 0 unspecified atom stereocenters. The zero-order chi connectivity index (χ0) is 11.6. The van der Waals surface area contributed by atoms with Gasteiger partial charge in [0.25, 0.3) is 0 Å². The number of rotatable bonds is 3. The maximum Gasteiger partial charge on any atom is 0.0535 e. The van der Waals surface area contributed by atoms with E-state index < -0.39 is 0 Å². The summed E-state index contributed by atoms with van der Waals surface area (Å²) in [4.78, 5) is 7.59. The largest absolute Gasteiger partial charge is 0.275 e. The third-order valence-electron chi connectivity index (χ3n) is 3.28. The topological polar surface area (TPSA) is 9.72 Å². The predicted octanol–water partition coefficient (Wildman–Crippen LogP) is 2.00. The van der Waals surface area contributed by atoms with Gasteiger partial charge in [0, 0.05) is 18.1 Å². The van der Waals surface area contributed by atoms with Crippen molar-refractivity contribution in [3.63, 3.8) is 0 Å². The lowest BCUT2D eigenvalue weighted by molar-refractivity contribution is -0.0698. The monoisotopic (exact) mass is 213 g/mol. The second kappa shape index (κ2) is 5.28. The van der Waals surface area contributed by atoms with Gasteiger partial charge < -0.3 is 0 Å². The van der Waals surface area contributed by atoms with Gasteiger partial charge in [-0.3, -0.25) is 14.7 Å². The van der Waals surface area contributed by atoms with E-state index in [2.05, 4.69) is 56.2 Å². The van der Waals surface area contributed by atoms with Crippen LogP contribution >= 0.6 is 0 Å². The fourth-order valence-corrected chi connectivity index (χ4v) is 1.81. The third kappa shape index (κ3) is 3.44. The van der Waals surface area contributed by atoms with E-state index in [1.54, 1.807) is 0 Å². The summed E-state index contributed by atoms with van der Waals surface area (Å²) in [6, 6.07) is 1.90. The van der Waals surface area contributed by atoms with Crippen LogP contribution in [0.5, 0.6) is 0 Å². The summed E-state index contributed by atoms with van der Waals surface area (Å²) in [5, 5.41) is 0. The van der Waals surface area contributed by atoms with Gasteiger partial charge in [0.1, 0.15) is 0 Å². The summed E-state index contributed by atoms with van der Waals surface area (Å²) < 4.78 is 0. The molecule has 0 spiro atoms. The number of hydrogen-bond donors (Lipinski definition) is 0. The molecule has 0 aromatic rings. The Morgan fingerprint density at radius 3 is 0.867 bits per heavy atom. The zero-order valence-corrected chi connectivity index (χ0v) is 11.2. The Morgan fingerprint density at radius 1 is 0.533 bits per heavy atom. The zero-order valence-electron chi connectivity index (χ0n) is 11.2. The minimum absolute atomic E-state index is 0.632. The van der Waals surface area contributed by atoms with E-state index in [9.17, 15) is 0 Å². The molecule has 0 saturated carbocycles. The second-order valence-corrected chi connectivity index (χ2v) is 5.47. The van der Waals surface area contributed by atoms with Crippen molar-refractivity contribution in [1.82, 2.24) is 14.7 Å². The van der Waals surface area contributed by atoms with Crippen LogP contribution in [0.25, 0.3) is 0 Å². The van der Waals surface area contributed by atoms with Crippen molar-refractivity contribution in [3.05, 3.63) is 0 Å². The highest BCUT2D eigenvalue weighted by atomic mass is 15.5. The maximum absolute atomic E-state index is 2.53. The second-order valence-electron chi connectivity index (χ2n) is 5.47. The summed E-state index contributed by atoms with van der Waals surface area (Å²) in [6.45, 7) is 17.0. The lowest BCUT2D eigenvalue weighted by atomic mass is 10.2. The van der Waals surface area contributed by atoms with Gasteiger partial charge in [-0.15, -0.1) is 0 Å². The Kier molecular flexibility index (Phi) is 4.56. The number of hydrogen-bond acceptors (Lipinski definition) is 3. The molecule has 0 radical (unpaired) electrons. The van der Waals surface area contributed by atoms with Crippen LogP contribution in [0, 0.1) is 0 Å². The van der Waals surface area contributed by atoms with E-state index in [-0.39, 0.29) is 0 Å². The van der Waals surface area contributed by atoms with Crippen molar-refractivity contribution in [3.8, 4) is 0 Å². The molecule has 0 aliphatic carbocycles. The first kappa shape index (κ1) is 12.9. The maximum atomic E-state index is 2.53. The summed E-state index contributed by atoms with van der Waals surface area (Å²) in [5.41, 5.74) is 0. The molecular weight excluding hydrogens is 186 g/mol. The van der Waals surface area contributed by atoms with Crippen LogP contribution < -0.4 is 0 Å². The molecule has 0 atom stereocenters. The van der Waals surface area contributed by atoms with E-state index in [1.165, 1.54) is 0 Å². The summed E-state index contributed by atoms with van der Waals surface area (Å²) in [6.07, 6.45) is 0. The van der Waals surface area contributed by atoms with Gasteiger partial charge in [0.05, 0.1) is 20.0 Å². The van der Waals surface area contributed by atoms with Crippen molar-refractivity contribution >= 4 is 0 Å². The summed E-state index contributed by atoms with van der Waals surface area (Å²) in [7, 11) is 0. The lowest BCUT2D eigenvalue weighted by Crippen LogP contribution is -2.59. The van der Waals surface area contributed by atoms with Crippen LogP contribution in [0.4, 0.5) is 0 Å². The molecule has 90 valence electrons. The van der Waals surface area contributed by atoms with Crippen LogP contribution in [0.15, 0.2) is 0 Å². The molecule has 1 fully saturated rings. The molecule has 0 aromatic carbocycles. The van der Waals surface area contributed by atoms with Crippen molar-refractivity contribution in [1.29, 1.82) is 0 Å². The lowest BCUT2D eigenvalue weighted by Gasteiger charge is -2.47. The minimum atomic E-state index is 0.632. The average Bonchev–Trinajstić information content (AvgIpc) is 2.16. The SMILES string of the molecule is CC(C)N1CN(C(C)C)CN(C(C)C)C1. The predicted molar refractivity (Wildman–Crippen MR) is 65.5 cm³/mol. The average molecular weight is 213 g/mol. The molecule has 0 bridgehead atoms. The Labute approximate surface area is 95.0 Å². The van der Waals surface area contributed by atoms with Gasteiger partial charge in [-0.05, 0) is 41.5 Å². The standard InChI is InChI=1S/C12H27N3/c1-10(2)13-7-14(11(3)4)9-15(8-13)12(5)6/h10-12H,7-9H2,1-6H3. The summed E-state index contributed by atoms with van der Waals surface area (Å²) in [5.74, 6) is 0. The van der Waals surface area contributed by atoms with Crippen LogP contribution in [-0.2, 0) is 0 Å². The van der Waals surface area contributed by atoms with E-state index in [4.69, 9.17) is 0 Å². The summed E-state index contributed by atoms with van der Waals surface area (Å²) >= 11 is 0. The van der Waals surface area contributed by atoms with E-state index >= 15 is 0 Å². The smallest absolute Gasteiger partial charge is 0.0535 e. The molecular formula is C12H27N3. The molecule has 1 heterocycles. The van der Waals surface area contributed by atoms with Gasteiger partial charge in [-0.1, -0.05) is 0 Å². The third-order valence-corrected chi connectivity index (χ3v) is 3.28. The van der Waals surface area contributed by atoms with Gasteiger partial charge >= 0.3 is 0 Å². The van der Waals surface area contributed by atoms with Crippen LogP contribution in [0.2, 0.25) is 0 Å². The Morgan fingerprint density at radius 2 is 0.733 bits per heavy atom. The highest BCUT2D eigenvalue weighted by Crippen LogP contribution is 2.15. The van der Waals surface area contributed by atoms with Gasteiger partial charge in [-0.25, -0.2) is 0 Å². The van der Waals surface area contributed by atoms with Gasteiger partial charge in [-0.2, -0.15) is 0 Å². The number of nitrogens with zero attached hydrogens (tertiary/aromatic N) is 3. The Bertz CT molecular complexity index is 150. The Hall–Kier alpha value is -0.120. The van der Waals surface area contributed by atoms with Crippen molar-refractivity contribution in [2.45, 2.75) is 59.7 Å². The molecule has 3 nitrogen and oxygen atoms in total. The molecule has 0 amide bonds. The van der Waals surface area contributed by atoms with Crippen LogP contribution in [0.1, 0.15) is 41.5 Å². The highest BCUT2D eigenvalue weighted by molar-refractivity contribution is 4.75. The molecule has 0 aromatic heterocycles. The first-order valence-electron chi connectivity index (χ1n) is 6.14. The first-order chi connectivity index (χ1) is 6.91. The van der Waals surface area contributed by atoms with Gasteiger partial charge in [0.2, 0.25) is 0 Å². The molecule has 1 aliphatic heterocycles.